The quantitative estimate of drug-likeness (QED) is 0.771. The molecule has 0 aliphatic heterocycles. The second kappa shape index (κ2) is 3.81. The Morgan fingerprint density at radius 3 is 2.56 bits per heavy atom. The molecule has 2 rings (SSSR count). The number of hydrogen-bond acceptors (Lipinski definition) is 2. The molecule has 0 aliphatic carbocycles. The fourth-order valence-electron chi connectivity index (χ4n) is 2.14. The molecule has 0 unspecified atom stereocenters. The molecule has 0 N–H and O–H groups in total. The van der Waals surface area contributed by atoms with Gasteiger partial charge in [0, 0.05) is 37.7 Å². The highest BCUT2D eigenvalue weighted by Crippen LogP contribution is 2.23. The molecule has 2 aromatic heterocycles. The number of aromatic nitrogens is 2. The summed E-state index contributed by atoms with van der Waals surface area (Å²) in [5, 5.41) is 0. The van der Waals surface area contributed by atoms with Gasteiger partial charge < -0.3 is 9.30 Å². The molecule has 0 aliphatic rings. The van der Waals surface area contributed by atoms with Gasteiger partial charge in [0.1, 0.15) is 5.65 Å². The zero-order valence-electron chi connectivity index (χ0n) is 10.7. The van der Waals surface area contributed by atoms with Gasteiger partial charge in [0.25, 0.3) is 0 Å². The van der Waals surface area contributed by atoms with Crippen molar-refractivity contribution >= 4 is 11.3 Å². The maximum Gasteiger partial charge on any atom is 0.139 e. The van der Waals surface area contributed by atoms with Gasteiger partial charge in [-0.05, 0) is 18.9 Å². The first kappa shape index (κ1) is 11.0. The molecule has 0 atom stereocenters. The lowest BCUT2D eigenvalue weighted by Crippen LogP contribution is -2.09. The Labute approximate surface area is 96.7 Å². The molecule has 0 aromatic carbocycles. The normalized spacial score (nSPS) is 11.4. The van der Waals surface area contributed by atoms with Crippen LogP contribution in [0.15, 0.2) is 18.3 Å². The van der Waals surface area contributed by atoms with E-state index in [0.717, 1.165) is 11.3 Å². The number of hydrogen-bond donors (Lipinski definition) is 0. The van der Waals surface area contributed by atoms with Gasteiger partial charge in [-0.2, -0.15) is 0 Å². The highest BCUT2D eigenvalue weighted by Gasteiger charge is 2.12. The SMILES string of the molecule is Cc1nc2cc(N(C)C)ccn2c1C(C)C. The lowest BCUT2D eigenvalue weighted by Gasteiger charge is -2.13. The molecule has 2 aromatic rings. The largest absolute Gasteiger partial charge is 0.378 e. The Bertz CT molecular complexity index is 509. The van der Waals surface area contributed by atoms with E-state index in [1.165, 1.54) is 11.4 Å². The molecule has 0 bridgehead atoms. The molecular weight excluding hydrogens is 198 g/mol. The van der Waals surface area contributed by atoms with Crippen molar-refractivity contribution in [2.45, 2.75) is 26.7 Å². The van der Waals surface area contributed by atoms with E-state index in [4.69, 9.17) is 0 Å². The summed E-state index contributed by atoms with van der Waals surface area (Å²) in [6.07, 6.45) is 2.11. The maximum absolute atomic E-state index is 4.61. The standard InChI is InChI=1S/C13H19N3/c1-9(2)13-10(3)14-12-8-11(15(4)5)6-7-16(12)13/h6-9H,1-5H3. The predicted octanol–water partition coefficient (Wildman–Crippen LogP) is 2.83. The Kier molecular flexibility index (Phi) is 2.62. The van der Waals surface area contributed by atoms with Gasteiger partial charge in [-0.25, -0.2) is 4.98 Å². The van der Waals surface area contributed by atoms with E-state index < -0.39 is 0 Å². The Morgan fingerprint density at radius 1 is 1.31 bits per heavy atom. The minimum atomic E-state index is 0.500. The summed E-state index contributed by atoms with van der Waals surface area (Å²) in [6, 6.07) is 4.25. The fraction of sp³-hybridized carbons (Fsp3) is 0.462. The Hall–Kier alpha value is -1.51. The van der Waals surface area contributed by atoms with Crippen molar-refractivity contribution in [2.24, 2.45) is 0 Å². The lowest BCUT2D eigenvalue weighted by molar-refractivity contribution is 0.798. The van der Waals surface area contributed by atoms with Crippen LogP contribution >= 0.6 is 0 Å². The molecule has 0 radical (unpaired) electrons. The number of fused-ring (bicyclic) bond motifs is 1. The van der Waals surface area contributed by atoms with Crippen LogP contribution in [0.5, 0.6) is 0 Å². The molecule has 0 saturated carbocycles. The van der Waals surface area contributed by atoms with Crippen molar-refractivity contribution in [3.63, 3.8) is 0 Å². The van der Waals surface area contributed by atoms with Crippen LogP contribution in [-0.2, 0) is 0 Å². The number of nitrogens with zero attached hydrogens (tertiary/aromatic N) is 3. The zero-order valence-corrected chi connectivity index (χ0v) is 10.7. The Balaban J connectivity index is 2.65. The third-order valence-corrected chi connectivity index (χ3v) is 2.89. The topological polar surface area (TPSA) is 20.5 Å². The fourth-order valence-corrected chi connectivity index (χ4v) is 2.14. The molecule has 86 valence electrons. The number of aryl methyl sites for hydroxylation is 1. The number of imidazole rings is 1. The zero-order chi connectivity index (χ0) is 11.9. The van der Waals surface area contributed by atoms with E-state index in [1.54, 1.807) is 0 Å². The van der Waals surface area contributed by atoms with Crippen molar-refractivity contribution < 1.29 is 0 Å². The van der Waals surface area contributed by atoms with Crippen LogP contribution in [0.1, 0.15) is 31.2 Å². The van der Waals surface area contributed by atoms with E-state index in [2.05, 4.69) is 53.4 Å². The molecule has 3 heteroatoms. The van der Waals surface area contributed by atoms with Gasteiger partial charge in [-0.1, -0.05) is 13.8 Å². The minimum Gasteiger partial charge on any atom is -0.378 e. The first-order chi connectivity index (χ1) is 7.50. The molecule has 3 nitrogen and oxygen atoms in total. The molecule has 0 saturated heterocycles. The first-order valence-electron chi connectivity index (χ1n) is 5.66. The van der Waals surface area contributed by atoms with Gasteiger partial charge in [-0.3, -0.25) is 0 Å². The summed E-state index contributed by atoms with van der Waals surface area (Å²) >= 11 is 0. The van der Waals surface area contributed by atoms with Crippen LogP contribution in [0.25, 0.3) is 5.65 Å². The monoisotopic (exact) mass is 217 g/mol. The highest BCUT2D eigenvalue weighted by molar-refractivity contribution is 5.57. The van der Waals surface area contributed by atoms with Crippen LogP contribution in [0, 0.1) is 6.92 Å². The first-order valence-corrected chi connectivity index (χ1v) is 5.66. The smallest absolute Gasteiger partial charge is 0.139 e. The van der Waals surface area contributed by atoms with Crippen LogP contribution in [-0.4, -0.2) is 23.5 Å². The summed E-state index contributed by atoms with van der Waals surface area (Å²) < 4.78 is 2.19. The van der Waals surface area contributed by atoms with Crippen LogP contribution in [0.2, 0.25) is 0 Å². The van der Waals surface area contributed by atoms with Gasteiger partial charge in [0.05, 0.1) is 5.69 Å². The number of pyridine rings is 1. The predicted molar refractivity (Wildman–Crippen MR) is 68.3 cm³/mol. The van der Waals surface area contributed by atoms with E-state index in [0.29, 0.717) is 5.92 Å². The van der Waals surface area contributed by atoms with Crippen LogP contribution in [0.4, 0.5) is 5.69 Å². The van der Waals surface area contributed by atoms with Gasteiger partial charge in [0.2, 0.25) is 0 Å². The number of anilines is 1. The number of rotatable bonds is 2. The summed E-state index contributed by atoms with van der Waals surface area (Å²) in [7, 11) is 4.09. The van der Waals surface area contributed by atoms with Crippen LogP contribution in [0.3, 0.4) is 0 Å². The summed E-state index contributed by atoms with van der Waals surface area (Å²) in [5.74, 6) is 0.500. The lowest BCUT2D eigenvalue weighted by atomic mass is 10.1. The van der Waals surface area contributed by atoms with Gasteiger partial charge in [-0.15, -0.1) is 0 Å². The van der Waals surface area contributed by atoms with Crippen molar-refractivity contribution in [1.82, 2.24) is 9.38 Å². The molecule has 2 heterocycles. The maximum atomic E-state index is 4.61. The summed E-state index contributed by atoms with van der Waals surface area (Å²) in [5.41, 5.74) is 4.66. The molecule has 0 fully saturated rings. The Morgan fingerprint density at radius 2 is 2.00 bits per heavy atom. The minimum absolute atomic E-state index is 0.500. The molecular formula is C13H19N3. The van der Waals surface area contributed by atoms with Crippen molar-refractivity contribution in [2.75, 3.05) is 19.0 Å². The molecule has 0 amide bonds. The molecule has 0 spiro atoms. The van der Waals surface area contributed by atoms with Crippen molar-refractivity contribution in [3.05, 3.63) is 29.7 Å². The van der Waals surface area contributed by atoms with Gasteiger partial charge >= 0.3 is 0 Å². The van der Waals surface area contributed by atoms with Gasteiger partial charge in [0.15, 0.2) is 0 Å². The summed E-state index contributed by atoms with van der Waals surface area (Å²) in [6.45, 7) is 6.49. The average molecular weight is 217 g/mol. The second-order valence-electron chi connectivity index (χ2n) is 4.74. The van der Waals surface area contributed by atoms with E-state index >= 15 is 0 Å². The van der Waals surface area contributed by atoms with Crippen molar-refractivity contribution in [1.29, 1.82) is 0 Å². The van der Waals surface area contributed by atoms with Crippen LogP contribution < -0.4 is 4.90 Å². The van der Waals surface area contributed by atoms with E-state index in [9.17, 15) is 0 Å². The van der Waals surface area contributed by atoms with E-state index in [-0.39, 0.29) is 0 Å². The second-order valence-corrected chi connectivity index (χ2v) is 4.74. The van der Waals surface area contributed by atoms with Crippen molar-refractivity contribution in [3.8, 4) is 0 Å². The van der Waals surface area contributed by atoms with E-state index in [1.807, 2.05) is 14.1 Å². The highest BCUT2D eigenvalue weighted by atomic mass is 15.1. The average Bonchev–Trinajstić information content (AvgIpc) is 2.51. The summed E-state index contributed by atoms with van der Waals surface area (Å²) in [4.78, 5) is 6.71. The third-order valence-electron chi connectivity index (χ3n) is 2.89. The third kappa shape index (κ3) is 1.66. The molecule has 16 heavy (non-hydrogen) atoms.